The van der Waals surface area contributed by atoms with Gasteiger partial charge in [-0.3, -0.25) is 9.69 Å². The van der Waals surface area contributed by atoms with Crippen molar-refractivity contribution in [3.63, 3.8) is 0 Å². The van der Waals surface area contributed by atoms with Gasteiger partial charge in [-0.05, 0) is 53.8 Å². The lowest BCUT2D eigenvalue weighted by molar-refractivity contribution is -0.118. The van der Waals surface area contributed by atoms with Crippen LogP contribution in [0.4, 0.5) is 5.69 Å². The first-order valence-electron chi connectivity index (χ1n) is 10.4. The molecular weight excluding hydrogens is 470 g/mol. The van der Waals surface area contributed by atoms with Crippen LogP contribution in [0.15, 0.2) is 69.6 Å². The van der Waals surface area contributed by atoms with Crippen LogP contribution in [0.25, 0.3) is 0 Å². The van der Waals surface area contributed by atoms with Gasteiger partial charge in [-0.25, -0.2) is 0 Å². The van der Waals surface area contributed by atoms with Crippen molar-refractivity contribution < 1.29 is 14.3 Å². The highest BCUT2D eigenvalue weighted by molar-refractivity contribution is 9.10. The second kappa shape index (κ2) is 7.42. The number of nitriles is 1. The Hall–Kier alpha value is -3.24. The van der Waals surface area contributed by atoms with Crippen LogP contribution in [0.5, 0.6) is 11.5 Å². The highest BCUT2D eigenvalue weighted by atomic mass is 79.9. The number of allylic oxidation sites excluding steroid dienone is 3. The van der Waals surface area contributed by atoms with Crippen LogP contribution in [-0.2, 0) is 4.79 Å². The number of hydrogen-bond acceptors (Lipinski definition) is 6. The van der Waals surface area contributed by atoms with Gasteiger partial charge in [0.15, 0.2) is 17.3 Å². The van der Waals surface area contributed by atoms with Gasteiger partial charge in [-0.1, -0.05) is 35.8 Å². The number of fused-ring (bicyclic) bond motifs is 1. The molecule has 2 aromatic carbocycles. The quantitative estimate of drug-likeness (QED) is 0.626. The minimum absolute atomic E-state index is 0.0429. The number of benzene rings is 2. The van der Waals surface area contributed by atoms with Crippen molar-refractivity contribution >= 4 is 27.4 Å². The summed E-state index contributed by atoms with van der Waals surface area (Å²) in [5.41, 5.74) is 9.91. The number of Topliss-reactive ketones (excluding diaryl/α,β-unsaturated/α-hetero) is 1. The largest absolute Gasteiger partial charge is 0.454 e. The topological polar surface area (TPSA) is 88.6 Å². The SMILES string of the molecule is CC1(C)CC(=O)C2=C(C1)N(c1ccc(Br)cc1)C(N)=C(C#N)[C@@H]2c1ccc2c(c1)OCO2. The molecule has 32 heavy (non-hydrogen) atoms. The number of ether oxygens (including phenoxy) is 2. The first-order valence-corrected chi connectivity index (χ1v) is 11.2. The Morgan fingerprint density at radius 2 is 1.84 bits per heavy atom. The van der Waals surface area contributed by atoms with Crippen LogP contribution in [0.3, 0.4) is 0 Å². The second-order valence-electron chi connectivity index (χ2n) is 9.07. The summed E-state index contributed by atoms with van der Waals surface area (Å²) in [7, 11) is 0. The summed E-state index contributed by atoms with van der Waals surface area (Å²) in [6.45, 7) is 4.33. The normalized spacial score (nSPS) is 21.5. The van der Waals surface area contributed by atoms with Gasteiger partial charge in [-0.15, -0.1) is 0 Å². The molecule has 0 aromatic heterocycles. The van der Waals surface area contributed by atoms with Crippen LogP contribution in [-0.4, -0.2) is 12.6 Å². The third-order valence-corrected chi connectivity index (χ3v) is 6.72. The van der Waals surface area contributed by atoms with Crippen LogP contribution in [0, 0.1) is 16.7 Å². The molecule has 162 valence electrons. The predicted octanol–water partition coefficient (Wildman–Crippen LogP) is 5.12. The number of hydrogen-bond donors (Lipinski definition) is 1. The van der Waals surface area contributed by atoms with E-state index in [4.69, 9.17) is 15.2 Å². The van der Waals surface area contributed by atoms with E-state index < -0.39 is 5.92 Å². The van der Waals surface area contributed by atoms with Gasteiger partial charge < -0.3 is 15.2 Å². The van der Waals surface area contributed by atoms with Crippen LogP contribution >= 0.6 is 15.9 Å². The van der Waals surface area contributed by atoms with Crippen molar-refractivity contribution in [1.82, 2.24) is 0 Å². The third-order valence-electron chi connectivity index (χ3n) is 6.20. The molecule has 1 atom stereocenters. The highest BCUT2D eigenvalue weighted by Crippen LogP contribution is 2.51. The maximum absolute atomic E-state index is 13.5. The molecule has 0 fully saturated rings. The fourth-order valence-electron chi connectivity index (χ4n) is 4.82. The molecule has 0 bridgehead atoms. The van der Waals surface area contributed by atoms with Crippen molar-refractivity contribution in [2.45, 2.75) is 32.6 Å². The van der Waals surface area contributed by atoms with Gasteiger partial charge in [0.2, 0.25) is 6.79 Å². The van der Waals surface area contributed by atoms with Crippen molar-refractivity contribution in [2.24, 2.45) is 11.1 Å². The molecule has 0 unspecified atom stereocenters. The molecule has 3 aliphatic rings. The van der Waals surface area contributed by atoms with E-state index in [9.17, 15) is 10.1 Å². The van der Waals surface area contributed by atoms with Gasteiger partial charge >= 0.3 is 0 Å². The maximum Gasteiger partial charge on any atom is 0.231 e. The molecule has 0 saturated carbocycles. The molecule has 2 heterocycles. The second-order valence-corrected chi connectivity index (χ2v) is 9.99. The molecule has 1 aliphatic carbocycles. The standard InChI is InChI=1S/C25H22BrN3O3/c1-25(2)10-18-23(19(30)11-25)22(14-3-8-20-21(9-14)32-13-31-20)17(12-27)24(28)29(18)16-6-4-15(26)5-7-16/h3-9,22H,10-11,13,28H2,1-2H3/t22-/m0/s1. The van der Waals surface area contributed by atoms with Crippen LogP contribution < -0.4 is 20.1 Å². The lowest BCUT2D eigenvalue weighted by Gasteiger charge is -2.43. The molecule has 5 rings (SSSR count). The summed E-state index contributed by atoms with van der Waals surface area (Å²) in [6, 6.07) is 15.6. The Kier molecular flexibility index (Phi) is 4.79. The summed E-state index contributed by atoms with van der Waals surface area (Å²) in [5.74, 6) is 1.11. The Morgan fingerprint density at radius 3 is 2.56 bits per heavy atom. The zero-order valence-electron chi connectivity index (χ0n) is 17.8. The van der Waals surface area contributed by atoms with E-state index in [0.717, 1.165) is 21.4 Å². The molecule has 0 spiro atoms. The van der Waals surface area contributed by atoms with Crippen LogP contribution in [0.2, 0.25) is 0 Å². The molecule has 6 nitrogen and oxygen atoms in total. The van der Waals surface area contributed by atoms with E-state index in [1.165, 1.54) is 0 Å². The zero-order valence-corrected chi connectivity index (χ0v) is 19.4. The summed E-state index contributed by atoms with van der Waals surface area (Å²) in [6.07, 6.45) is 1.09. The van der Waals surface area contributed by atoms with Crippen molar-refractivity contribution in [2.75, 3.05) is 11.7 Å². The Labute approximate surface area is 195 Å². The minimum Gasteiger partial charge on any atom is -0.454 e. The number of carbonyl (C=O) groups is 1. The van der Waals surface area contributed by atoms with Crippen molar-refractivity contribution in [3.05, 3.63) is 75.2 Å². The average molecular weight is 492 g/mol. The monoisotopic (exact) mass is 491 g/mol. The van der Waals surface area contributed by atoms with Crippen LogP contribution in [0.1, 0.15) is 38.2 Å². The number of halogens is 1. The smallest absolute Gasteiger partial charge is 0.231 e. The van der Waals surface area contributed by atoms with Gasteiger partial charge in [0.25, 0.3) is 0 Å². The molecule has 0 saturated heterocycles. The molecule has 2 N–H and O–H groups in total. The Balaban J connectivity index is 1.74. The lowest BCUT2D eigenvalue weighted by atomic mass is 9.68. The summed E-state index contributed by atoms with van der Waals surface area (Å²) >= 11 is 3.47. The van der Waals surface area contributed by atoms with E-state index >= 15 is 0 Å². The zero-order chi connectivity index (χ0) is 22.6. The van der Waals surface area contributed by atoms with Gasteiger partial charge in [0, 0.05) is 27.9 Å². The predicted molar refractivity (Wildman–Crippen MR) is 124 cm³/mol. The number of nitrogens with zero attached hydrogens (tertiary/aromatic N) is 2. The molecule has 0 radical (unpaired) electrons. The number of rotatable bonds is 2. The first kappa shape index (κ1) is 20.7. The van der Waals surface area contributed by atoms with Crippen molar-refractivity contribution in [3.8, 4) is 17.6 Å². The Bertz CT molecular complexity index is 1240. The fraction of sp³-hybridized carbons (Fsp3) is 0.280. The summed E-state index contributed by atoms with van der Waals surface area (Å²) in [5, 5.41) is 10.2. The van der Waals surface area contributed by atoms with E-state index in [-0.39, 0.29) is 18.0 Å². The van der Waals surface area contributed by atoms with E-state index in [1.54, 1.807) is 0 Å². The number of anilines is 1. The van der Waals surface area contributed by atoms with Gasteiger partial charge in [-0.2, -0.15) is 5.26 Å². The first-order chi connectivity index (χ1) is 15.3. The summed E-state index contributed by atoms with van der Waals surface area (Å²) in [4.78, 5) is 15.4. The van der Waals surface area contributed by atoms with Gasteiger partial charge in [0.05, 0.1) is 17.6 Å². The molecule has 0 amide bonds. The van der Waals surface area contributed by atoms with E-state index in [0.29, 0.717) is 41.3 Å². The fourth-order valence-corrected chi connectivity index (χ4v) is 5.08. The summed E-state index contributed by atoms with van der Waals surface area (Å²) < 4.78 is 11.9. The van der Waals surface area contributed by atoms with E-state index in [2.05, 4.69) is 35.8 Å². The molecule has 7 heteroatoms. The van der Waals surface area contributed by atoms with E-state index in [1.807, 2.05) is 47.4 Å². The number of carbonyl (C=O) groups excluding carboxylic acids is 1. The number of ketones is 1. The number of nitrogens with two attached hydrogens (primary N) is 1. The molecule has 2 aromatic rings. The maximum atomic E-state index is 13.5. The van der Waals surface area contributed by atoms with Gasteiger partial charge in [0.1, 0.15) is 5.82 Å². The Morgan fingerprint density at radius 1 is 1.12 bits per heavy atom. The van der Waals surface area contributed by atoms with Crippen molar-refractivity contribution in [1.29, 1.82) is 5.26 Å². The molecular formula is C25H22BrN3O3. The highest BCUT2D eigenvalue weighted by Gasteiger charge is 2.44. The minimum atomic E-state index is -0.542. The lowest BCUT2D eigenvalue weighted by Crippen LogP contribution is -2.42. The average Bonchev–Trinajstić information content (AvgIpc) is 3.21. The molecule has 2 aliphatic heterocycles. The third kappa shape index (κ3) is 3.26.